The Balaban J connectivity index is 2.01. The molecule has 0 spiro atoms. The molecule has 0 amide bonds. The van der Waals surface area contributed by atoms with Crippen LogP contribution >= 0.6 is 11.6 Å². The number of ketones is 1. The molecule has 2 nitrogen and oxygen atoms in total. The van der Waals surface area contributed by atoms with Gasteiger partial charge in [0.15, 0.2) is 5.78 Å². The van der Waals surface area contributed by atoms with Gasteiger partial charge >= 0.3 is 0 Å². The third kappa shape index (κ3) is 5.12. The second-order valence-electron chi connectivity index (χ2n) is 6.52. The topological polar surface area (TPSA) is 20.3 Å². The number of halogens is 1. The zero-order chi connectivity index (χ0) is 15.2. The number of nitrogens with zero attached hydrogens (tertiary/aromatic N) is 1. The zero-order valence-electron chi connectivity index (χ0n) is 13.1. The first-order valence-corrected chi connectivity index (χ1v) is 8.47. The van der Waals surface area contributed by atoms with Crippen LogP contribution in [0.25, 0.3) is 0 Å². The predicted octanol–water partition coefficient (Wildman–Crippen LogP) is 4.81. The molecule has 116 valence electrons. The minimum atomic E-state index is 0.188. The molecule has 1 aromatic rings. The monoisotopic (exact) mass is 307 g/mol. The molecule has 0 N–H and O–H groups in total. The predicted molar refractivity (Wildman–Crippen MR) is 89.1 cm³/mol. The number of Topliss-reactive ketones (excluding diaryl/α,β-unsaturated/α-hetero) is 1. The first-order valence-electron chi connectivity index (χ1n) is 8.09. The Hall–Kier alpha value is -0.860. The molecule has 0 aromatic heterocycles. The quantitative estimate of drug-likeness (QED) is 0.674. The average molecular weight is 308 g/mol. The summed E-state index contributed by atoms with van der Waals surface area (Å²) in [7, 11) is 0. The van der Waals surface area contributed by atoms with E-state index in [0.717, 1.165) is 18.5 Å². The number of benzene rings is 1. The summed E-state index contributed by atoms with van der Waals surface area (Å²) < 4.78 is 0. The van der Waals surface area contributed by atoms with Gasteiger partial charge in [-0.2, -0.15) is 0 Å². The van der Waals surface area contributed by atoms with Gasteiger partial charge in [-0.1, -0.05) is 50.4 Å². The molecule has 1 aromatic carbocycles. The van der Waals surface area contributed by atoms with Gasteiger partial charge in [0, 0.05) is 16.6 Å². The molecule has 0 radical (unpaired) electrons. The Morgan fingerprint density at radius 3 is 2.67 bits per heavy atom. The molecule has 1 aliphatic rings. The zero-order valence-corrected chi connectivity index (χ0v) is 13.9. The summed E-state index contributed by atoms with van der Waals surface area (Å²) in [5, 5.41) is 0.635. The van der Waals surface area contributed by atoms with E-state index in [1.807, 2.05) is 18.2 Å². The molecule has 21 heavy (non-hydrogen) atoms. The van der Waals surface area contributed by atoms with Crippen molar-refractivity contribution in [1.82, 2.24) is 4.90 Å². The molecule has 3 heteroatoms. The minimum absolute atomic E-state index is 0.188. The summed E-state index contributed by atoms with van der Waals surface area (Å²) in [6.07, 6.45) is 6.23. The van der Waals surface area contributed by atoms with E-state index in [0.29, 0.717) is 23.5 Å². The summed E-state index contributed by atoms with van der Waals surface area (Å²) in [5.41, 5.74) is 0.732. The van der Waals surface area contributed by atoms with Crippen molar-refractivity contribution in [1.29, 1.82) is 0 Å². The number of carbonyl (C=O) groups is 1. The molecule has 0 unspecified atom stereocenters. The van der Waals surface area contributed by atoms with E-state index in [-0.39, 0.29) is 5.78 Å². The summed E-state index contributed by atoms with van der Waals surface area (Å²) in [6.45, 7) is 6.03. The smallest absolute Gasteiger partial charge is 0.176 e. The number of hydrogen-bond donors (Lipinski definition) is 0. The highest BCUT2D eigenvalue weighted by Gasteiger charge is 2.24. The first kappa shape index (κ1) is 16.5. The van der Waals surface area contributed by atoms with Crippen molar-refractivity contribution in [3.8, 4) is 0 Å². The summed E-state index contributed by atoms with van der Waals surface area (Å²) in [6, 6.07) is 7.89. The van der Waals surface area contributed by atoms with Crippen LogP contribution in [0.3, 0.4) is 0 Å². The van der Waals surface area contributed by atoms with Crippen LogP contribution in [-0.2, 0) is 0 Å². The molecule has 0 bridgehead atoms. The Morgan fingerprint density at radius 1 is 1.33 bits per heavy atom. The van der Waals surface area contributed by atoms with Crippen LogP contribution in [0.1, 0.15) is 56.3 Å². The van der Waals surface area contributed by atoms with Gasteiger partial charge in [0.1, 0.15) is 0 Å². The van der Waals surface area contributed by atoms with Crippen LogP contribution in [0.4, 0.5) is 0 Å². The van der Waals surface area contributed by atoms with Crippen LogP contribution in [0.2, 0.25) is 5.02 Å². The molecule has 0 heterocycles. The van der Waals surface area contributed by atoms with Gasteiger partial charge in [-0.05, 0) is 43.9 Å². The fourth-order valence-electron chi connectivity index (χ4n) is 3.02. The highest BCUT2D eigenvalue weighted by Crippen LogP contribution is 2.24. The lowest BCUT2D eigenvalue weighted by Crippen LogP contribution is -2.38. The molecular formula is C18H26ClNO. The molecule has 1 saturated carbocycles. The third-order valence-electron chi connectivity index (χ3n) is 4.33. The van der Waals surface area contributed by atoms with E-state index >= 15 is 0 Å². The van der Waals surface area contributed by atoms with E-state index in [9.17, 15) is 4.79 Å². The largest absolute Gasteiger partial charge is 0.293 e. The van der Waals surface area contributed by atoms with Crippen molar-refractivity contribution in [2.24, 2.45) is 5.92 Å². The molecule has 0 atom stereocenters. The van der Waals surface area contributed by atoms with Gasteiger partial charge in [-0.15, -0.1) is 0 Å². The maximum Gasteiger partial charge on any atom is 0.176 e. The lowest BCUT2D eigenvalue weighted by atomic mass is 10.1. The van der Waals surface area contributed by atoms with Gasteiger partial charge in [0.25, 0.3) is 0 Å². The summed E-state index contributed by atoms with van der Waals surface area (Å²) >= 11 is 5.99. The van der Waals surface area contributed by atoms with E-state index in [1.165, 1.54) is 25.7 Å². The van der Waals surface area contributed by atoms with E-state index in [4.69, 9.17) is 11.6 Å². The molecular weight excluding hydrogens is 282 g/mol. The van der Waals surface area contributed by atoms with Crippen molar-refractivity contribution in [3.63, 3.8) is 0 Å². The fraction of sp³-hybridized carbons (Fsp3) is 0.611. The van der Waals surface area contributed by atoms with Gasteiger partial charge in [-0.3, -0.25) is 9.69 Å². The van der Waals surface area contributed by atoms with Crippen molar-refractivity contribution in [2.75, 3.05) is 13.1 Å². The van der Waals surface area contributed by atoms with Crippen molar-refractivity contribution < 1.29 is 4.79 Å². The van der Waals surface area contributed by atoms with Gasteiger partial charge in [-0.25, -0.2) is 0 Å². The highest BCUT2D eigenvalue weighted by molar-refractivity contribution is 6.31. The van der Waals surface area contributed by atoms with Crippen LogP contribution in [0, 0.1) is 5.92 Å². The molecule has 0 aliphatic heterocycles. The third-order valence-corrected chi connectivity index (χ3v) is 4.56. The van der Waals surface area contributed by atoms with Crippen LogP contribution in [0.15, 0.2) is 24.3 Å². The number of carbonyl (C=O) groups excluding carboxylic acids is 1. The molecule has 1 fully saturated rings. The Bertz CT molecular complexity index is 466. The number of hydrogen-bond acceptors (Lipinski definition) is 2. The Kier molecular flexibility index (Phi) is 6.25. The van der Waals surface area contributed by atoms with E-state index < -0.39 is 0 Å². The SMILES string of the molecule is CC(C)CCN(CC(=O)c1cccc(Cl)c1)C1CCCC1. The maximum absolute atomic E-state index is 12.5. The van der Waals surface area contributed by atoms with Gasteiger partial charge in [0.2, 0.25) is 0 Å². The second-order valence-corrected chi connectivity index (χ2v) is 6.96. The number of rotatable bonds is 7. The molecule has 1 aliphatic carbocycles. The standard InChI is InChI=1S/C18H26ClNO/c1-14(2)10-11-20(17-8-3-4-9-17)13-18(21)15-6-5-7-16(19)12-15/h5-7,12,14,17H,3-4,8-11,13H2,1-2H3. The van der Waals surface area contributed by atoms with Crippen molar-refractivity contribution >= 4 is 17.4 Å². The Labute approximate surface area is 133 Å². The Morgan fingerprint density at radius 2 is 2.05 bits per heavy atom. The molecule has 2 rings (SSSR count). The first-order chi connectivity index (χ1) is 10.1. The van der Waals surface area contributed by atoms with E-state index in [1.54, 1.807) is 6.07 Å². The van der Waals surface area contributed by atoms with Crippen molar-refractivity contribution in [3.05, 3.63) is 34.9 Å². The minimum Gasteiger partial charge on any atom is -0.293 e. The van der Waals surface area contributed by atoms with Gasteiger partial charge < -0.3 is 0 Å². The van der Waals surface area contributed by atoms with E-state index in [2.05, 4.69) is 18.7 Å². The normalized spacial score (nSPS) is 16.0. The van der Waals surface area contributed by atoms with Gasteiger partial charge in [0.05, 0.1) is 6.54 Å². The lowest BCUT2D eigenvalue weighted by molar-refractivity contribution is 0.0886. The highest BCUT2D eigenvalue weighted by atomic mass is 35.5. The maximum atomic E-state index is 12.5. The summed E-state index contributed by atoms with van der Waals surface area (Å²) in [4.78, 5) is 14.9. The second kappa shape index (κ2) is 7.95. The average Bonchev–Trinajstić information content (AvgIpc) is 2.97. The van der Waals surface area contributed by atoms with Crippen LogP contribution in [0.5, 0.6) is 0 Å². The summed E-state index contributed by atoms with van der Waals surface area (Å²) in [5.74, 6) is 0.864. The van der Waals surface area contributed by atoms with Crippen molar-refractivity contribution in [2.45, 2.75) is 52.0 Å². The van der Waals surface area contributed by atoms with Crippen LogP contribution in [-0.4, -0.2) is 29.8 Å². The molecule has 0 saturated heterocycles. The fourth-order valence-corrected chi connectivity index (χ4v) is 3.21. The lowest BCUT2D eigenvalue weighted by Gasteiger charge is -2.28. The van der Waals surface area contributed by atoms with Crippen LogP contribution < -0.4 is 0 Å².